The summed E-state index contributed by atoms with van der Waals surface area (Å²) in [5.41, 5.74) is 1.53. The molecule has 0 saturated heterocycles. The summed E-state index contributed by atoms with van der Waals surface area (Å²) in [5, 5.41) is 17.2. The SMILES string of the molecule is O=C(/C=C/c1cc(Cl)cc(Cl)c1)NCC(O)c1ccsc1. The second-order valence-electron chi connectivity index (χ2n) is 4.35. The summed E-state index contributed by atoms with van der Waals surface area (Å²) in [6.45, 7) is 0.163. The molecule has 0 aliphatic heterocycles. The van der Waals surface area contributed by atoms with Gasteiger partial charge in [-0.25, -0.2) is 0 Å². The maximum absolute atomic E-state index is 11.7. The van der Waals surface area contributed by atoms with E-state index < -0.39 is 6.10 Å². The van der Waals surface area contributed by atoms with Gasteiger partial charge in [0.1, 0.15) is 0 Å². The Hall–Kier alpha value is -1.33. The molecule has 1 amide bonds. The van der Waals surface area contributed by atoms with Crippen LogP contribution in [0.1, 0.15) is 17.2 Å². The van der Waals surface area contributed by atoms with E-state index in [4.69, 9.17) is 23.2 Å². The number of aliphatic hydroxyl groups excluding tert-OH is 1. The third-order valence-corrected chi connectivity index (χ3v) is 3.85. The highest BCUT2D eigenvalue weighted by Crippen LogP contribution is 2.20. The van der Waals surface area contributed by atoms with Crippen molar-refractivity contribution in [1.82, 2.24) is 5.32 Å². The van der Waals surface area contributed by atoms with Crippen molar-refractivity contribution >= 4 is 46.5 Å². The summed E-state index contributed by atoms with van der Waals surface area (Å²) in [4.78, 5) is 11.7. The zero-order valence-electron chi connectivity index (χ0n) is 10.9. The van der Waals surface area contributed by atoms with E-state index in [2.05, 4.69) is 5.32 Å². The van der Waals surface area contributed by atoms with E-state index in [9.17, 15) is 9.90 Å². The lowest BCUT2D eigenvalue weighted by molar-refractivity contribution is -0.116. The first-order valence-electron chi connectivity index (χ1n) is 6.17. The smallest absolute Gasteiger partial charge is 0.244 e. The molecule has 0 fully saturated rings. The number of thiophene rings is 1. The molecule has 2 rings (SSSR count). The van der Waals surface area contributed by atoms with Gasteiger partial charge >= 0.3 is 0 Å². The van der Waals surface area contributed by atoms with Gasteiger partial charge in [0.05, 0.1) is 6.10 Å². The number of halogens is 2. The number of aliphatic hydroxyl groups is 1. The van der Waals surface area contributed by atoms with Crippen molar-refractivity contribution in [3.05, 3.63) is 62.3 Å². The van der Waals surface area contributed by atoms with Crippen LogP contribution in [-0.4, -0.2) is 17.6 Å². The highest BCUT2D eigenvalue weighted by atomic mass is 35.5. The molecule has 1 aromatic heterocycles. The highest BCUT2D eigenvalue weighted by Gasteiger charge is 2.08. The van der Waals surface area contributed by atoms with E-state index in [1.807, 2.05) is 16.8 Å². The van der Waals surface area contributed by atoms with Crippen LogP contribution in [0.3, 0.4) is 0 Å². The molecule has 1 aromatic carbocycles. The zero-order chi connectivity index (χ0) is 15.2. The molecule has 0 aliphatic rings. The van der Waals surface area contributed by atoms with E-state index in [1.54, 1.807) is 24.3 Å². The van der Waals surface area contributed by atoms with Crippen molar-refractivity contribution in [2.45, 2.75) is 6.10 Å². The Labute approximate surface area is 136 Å². The molecule has 110 valence electrons. The lowest BCUT2D eigenvalue weighted by atomic mass is 10.2. The molecule has 0 aliphatic carbocycles. The summed E-state index contributed by atoms with van der Waals surface area (Å²) in [6, 6.07) is 6.86. The zero-order valence-corrected chi connectivity index (χ0v) is 13.3. The van der Waals surface area contributed by atoms with Crippen LogP contribution in [0.15, 0.2) is 41.1 Å². The molecule has 0 spiro atoms. The second kappa shape index (κ2) is 7.61. The number of nitrogens with one attached hydrogen (secondary N) is 1. The quantitative estimate of drug-likeness (QED) is 0.809. The summed E-state index contributed by atoms with van der Waals surface area (Å²) < 4.78 is 0. The third kappa shape index (κ3) is 5.17. The fourth-order valence-corrected chi connectivity index (χ4v) is 2.93. The molecule has 21 heavy (non-hydrogen) atoms. The number of hydrogen-bond acceptors (Lipinski definition) is 3. The maximum atomic E-state index is 11.7. The molecule has 1 heterocycles. The maximum Gasteiger partial charge on any atom is 0.244 e. The van der Waals surface area contributed by atoms with Crippen molar-refractivity contribution in [2.75, 3.05) is 6.54 Å². The minimum absolute atomic E-state index is 0.163. The van der Waals surface area contributed by atoms with E-state index in [0.717, 1.165) is 11.1 Å². The molecular weight excluding hydrogens is 329 g/mol. The Morgan fingerprint density at radius 1 is 1.33 bits per heavy atom. The van der Waals surface area contributed by atoms with E-state index in [1.165, 1.54) is 17.4 Å². The first kappa shape index (κ1) is 16.0. The van der Waals surface area contributed by atoms with Crippen molar-refractivity contribution in [3.63, 3.8) is 0 Å². The lowest BCUT2D eigenvalue weighted by Gasteiger charge is -2.08. The molecular formula is C15H13Cl2NO2S. The number of amides is 1. The fraction of sp³-hybridized carbons (Fsp3) is 0.133. The molecule has 2 aromatic rings. The van der Waals surface area contributed by atoms with E-state index in [-0.39, 0.29) is 12.5 Å². The molecule has 6 heteroatoms. The van der Waals surface area contributed by atoms with Gasteiger partial charge in [-0.15, -0.1) is 0 Å². The topological polar surface area (TPSA) is 49.3 Å². The molecule has 0 radical (unpaired) electrons. The Bertz CT molecular complexity index is 621. The van der Waals surface area contributed by atoms with Crippen LogP contribution in [-0.2, 0) is 4.79 Å². The van der Waals surface area contributed by atoms with E-state index in [0.29, 0.717) is 10.0 Å². The van der Waals surface area contributed by atoms with Gasteiger partial charge < -0.3 is 10.4 Å². The van der Waals surface area contributed by atoms with Crippen LogP contribution in [0.2, 0.25) is 10.0 Å². The Balaban J connectivity index is 1.88. The molecule has 3 nitrogen and oxygen atoms in total. The van der Waals surface area contributed by atoms with Crippen LogP contribution < -0.4 is 5.32 Å². The molecule has 0 saturated carbocycles. The minimum Gasteiger partial charge on any atom is -0.387 e. The summed E-state index contributed by atoms with van der Waals surface area (Å²) in [5.74, 6) is -0.291. The predicted octanol–water partition coefficient (Wildman–Crippen LogP) is 3.92. The Kier molecular flexibility index (Phi) is 5.82. The number of rotatable bonds is 5. The minimum atomic E-state index is -0.700. The largest absolute Gasteiger partial charge is 0.387 e. The predicted molar refractivity (Wildman–Crippen MR) is 87.8 cm³/mol. The second-order valence-corrected chi connectivity index (χ2v) is 6.01. The Morgan fingerprint density at radius 2 is 2.05 bits per heavy atom. The van der Waals surface area contributed by atoms with Gasteiger partial charge in [-0.2, -0.15) is 11.3 Å². The number of carbonyl (C=O) groups excluding carboxylic acids is 1. The van der Waals surface area contributed by atoms with Crippen LogP contribution in [0.25, 0.3) is 6.08 Å². The standard InChI is InChI=1S/C15H13Cl2NO2S/c16-12-5-10(6-13(17)7-12)1-2-15(20)18-8-14(19)11-3-4-21-9-11/h1-7,9,14,19H,8H2,(H,18,20)/b2-1+. The van der Waals surface area contributed by atoms with Crippen molar-refractivity contribution in [2.24, 2.45) is 0 Å². The summed E-state index contributed by atoms with van der Waals surface area (Å²) in [6.07, 6.45) is 2.29. The average Bonchev–Trinajstić information content (AvgIpc) is 2.95. The first-order valence-corrected chi connectivity index (χ1v) is 7.86. The molecule has 1 unspecified atom stereocenters. The van der Waals surface area contributed by atoms with Gasteiger partial charge in [-0.3, -0.25) is 4.79 Å². The number of benzene rings is 1. The first-order chi connectivity index (χ1) is 10.0. The number of carbonyl (C=O) groups is 1. The van der Waals surface area contributed by atoms with Crippen LogP contribution >= 0.6 is 34.5 Å². The monoisotopic (exact) mass is 341 g/mol. The number of hydrogen-bond donors (Lipinski definition) is 2. The van der Waals surface area contributed by atoms with Gasteiger partial charge in [0, 0.05) is 22.7 Å². The Morgan fingerprint density at radius 3 is 2.67 bits per heavy atom. The van der Waals surface area contributed by atoms with Crippen LogP contribution in [0.5, 0.6) is 0 Å². The third-order valence-electron chi connectivity index (χ3n) is 2.71. The van der Waals surface area contributed by atoms with Crippen LogP contribution in [0.4, 0.5) is 0 Å². The van der Waals surface area contributed by atoms with Gasteiger partial charge in [0.15, 0.2) is 0 Å². The van der Waals surface area contributed by atoms with Gasteiger partial charge in [0.2, 0.25) is 5.91 Å². The van der Waals surface area contributed by atoms with Crippen molar-refractivity contribution in [1.29, 1.82) is 0 Å². The van der Waals surface area contributed by atoms with Gasteiger partial charge in [0.25, 0.3) is 0 Å². The molecule has 0 bridgehead atoms. The molecule has 1 atom stereocenters. The molecule has 2 N–H and O–H groups in total. The summed E-state index contributed by atoms with van der Waals surface area (Å²) >= 11 is 13.2. The fourth-order valence-electron chi connectivity index (χ4n) is 1.68. The lowest BCUT2D eigenvalue weighted by Crippen LogP contribution is -2.26. The summed E-state index contributed by atoms with van der Waals surface area (Å²) in [7, 11) is 0. The van der Waals surface area contributed by atoms with Crippen molar-refractivity contribution < 1.29 is 9.90 Å². The van der Waals surface area contributed by atoms with E-state index >= 15 is 0 Å². The van der Waals surface area contributed by atoms with Gasteiger partial charge in [-0.1, -0.05) is 23.2 Å². The van der Waals surface area contributed by atoms with Crippen molar-refractivity contribution in [3.8, 4) is 0 Å². The van der Waals surface area contributed by atoms with Crippen LogP contribution in [0, 0.1) is 0 Å². The van der Waals surface area contributed by atoms with Gasteiger partial charge in [-0.05, 0) is 52.2 Å². The average molecular weight is 342 g/mol. The highest BCUT2D eigenvalue weighted by molar-refractivity contribution is 7.07. The normalized spacial score (nSPS) is 12.5.